The summed E-state index contributed by atoms with van der Waals surface area (Å²) in [6, 6.07) is 0. The molecule has 0 aliphatic heterocycles. The predicted molar refractivity (Wildman–Crippen MR) is 74.7 cm³/mol. The molecule has 0 saturated heterocycles. The molecule has 2 fully saturated rings. The lowest BCUT2D eigenvalue weighted by atomic mass is 9.53. The minimum absolute atomic E-state index is 0.456. The van der Waals surface area contributed by atoms with Crippen molar-refractivity contribution in [2.75, 3.05) is 0 Å². The van der Waals surface area contributed by atoms with Crippen LogP contribution in [0.3, 0.4) is 0 Å². The summed E-state index contributed by atoms with van der Waals surface area (Å²) in [5.74, 6) is 2.18. The summed E-state index contributed by atoms with van der Waals surface area (Å²) in [7, 11) is 0. The van der Waals surface area contributed by atoms with E-state index < -0.39 is 0 Å². The molecule has 0 heterocycles. The molecule has 4 atom stereocenters. The fourth-order valence-electron chi connectivity index (χ4n) is 3.84. The van der Waals surface area contributed by atoms with Gasteiger partial charge in [0.2, 0.25) is 0 Å². The summed E-state index contributed by atoms with van der Waals surface area (Å²) in [6.07, 6.45) is 6.53. The standard InChI is InChI=1S/C15H24S/c1-10(2)12-8-14(16)13-7-5-6-11(3)15(13,4)9-12/h11-13H,1,5-9H2,2-4H3. The van der Waals surface area contributed by atoms with Crippen molar-refractivity contribution in [3.8, 4) is 0 Å². The molecule has 16 heavy (non-hydrogen) atoms. The van der Waals surface area contributed by atoms with E-state index in [9.17, 15) is 0 Å². The van der Waals surface area contributed by atoms with Crippen LogP contribution in [0.15, 0.2) is 12.2 Å². The van der Waals surface area contributed by atoms with Crippen LogP contribution in [0.2, 0.25) is 0 Å². The van der Waals surface area contributed by atoms with Gasteiger partial charge >= 0.3 is 0 Å². The Morgan fingerprint density at radius 3 is 2.75 bits per heavy atom. The van der Waals surface area contributed by atoms with E-state index in [-0.39, 0.29) is 0 Å². The van der Waals surface area contributed by atoms with Gasteiger partial charge in [-0.1, -0.05) is 51.1 Å². The highest BCUT2D eigenvalue weighted by Crippen LogP contribution is 2.54. The van der Waals surface area contributed by atoms with E-state index in [0.29, 0.717) is 17.3 Å². The van der Waals surface area contributed by atoms with Gasteiger partial charge < -0.3 is 0 Å². The highest BCUT2D eigenvalue weighted by Gasteiger charge is 2.47. The fourth-order valence-corrected chi connectivity index (χ4v) is 4.43. The topological polar surface area (TPSA) is 0 Å². The fraction of sp³-hybridized carbons (Fsp3) is 0.800. The van der Waals surface area contributed by atoms with Gasteiger partial charge in [0.05, 0.1) is 0 Å². The second-order valence-electron chi connectivity index (χ2n) is 6.31. The Kier molecular flexibility index (Phi) is 3.27. The van der Waals surface area contributed by atoms with E-state index in [1.54, 1.807) is 0 Å². The quantitative estimate of drug-likeness (QED) is 0.466. The van der Waals surface area contributed by atoms with Crippen LogP contribution in [0, 0.1) is 23.2 Å². The number of fused-ring (bicyclic) bond motifs is 1. The zero-order valence-corrected chi connectivity index (χ0v) is 11.7. The van der Waals surface area contributed by atoms with Crippen molar-refractivity contribution in [1.29, 1.82) is 0 Å². The lowest BCUT2D eigenvalue weighted by Gasteiger charge is -2.52. The third-order valence-electron chi connectivity index (χ3n) is 5.27. The first kappa shape index (κ1) is 12.3. The highest BCUT2D eigenvalue weighted by atomic mass is 32.1. The summed E-state index contributed by atoms with van der Waals surface area (Å²) >= 11 is 5.68. The lowest BCUT2D eigenvalue weighted by Crippen LogP contribution is -2.46. The number of rotatable bonds is 1. The molecular weight excluding hydrogens is 212 g/mol. The third-order valence-corrected chi connectivity index (χ3v) is 5.72. The number of thiocarbonyl (C=S) groups is 1. The number of hydrogen-bond acceptors (Lipinski definition) is 1. The van der Waals surface area contributed by atoms with Gasteiger partial charge in [-0.15, -0.1) is 0 Å². The normalized spacial score (nSPS) is 43.9. The van der Waals surface area contributed by atoms with Gasteiger partial charge in [0.25, 0.3) is 0 Å². The molecule has 2 aliphatic rings. The van der Waals surface area contributed by atoms with Crippen LogP contribution in [0.5, 0.6) is 0 Å². The Hall–Kier alpha value is -0.170. The summed E-state index contributed by atoms with van der Waals surface area (Å²) < 4.78 is 0. The van der Waals surface area contributed by atoms with Crippen LogP contribution in [0.1, 0.15) is 52.9 Å². The van der Waals surface area contributed by atoms with E-state index in [4.69, 9.17) is 12.2 Å². The SMILES string of the molecule is C=C(C)C1CC(=S)C2CCCC(C)C2(C)C1. The zero-order valence-electron chi connectivity index (χ0n) is 10.9. The van der Waals surface area contributed by atoms with Crippen molar-refractivity contribution >= 4 is 17.1 Å². The highest BCUT2D eigenvalue weighted by molar-refractivity contribution is 7.80. The lowest BCUT2D eigenvalue weighted by molar-refractivity contribution is 0.0532. The molecule has 0 nitrogen and oxygen atoms in total. The van der Waals surface area contributed by atoms with Crippen LogP contribution in [-0.4, -0.2) is 4.86 Å². The summed E-state index contributed by atoms with van der Waals surface area (Å²) in [4.78, 5) is 1.34. The van der Waals surface area contributed by atoms with E-state index in [1.807, 2.05) is 0 Å². The van der Waals surface area contributed by atoms with E-state index in [1.165, 1.54) is 36.1 Å². The zero-order chi connectivity index (χ0) is 11.9. The van der Waals surface area contributed by atoms with Gasteiger partial charge in [0.1, 0.15) is 0 Å². The summed E-state index contributed by atoms with van der Waals surface area (Å²) in [6.45, 7) is 11.2. The second kappa shape index (κ2) is 4.25. The van der Waals surface area contributed by atoms with Crippen molar-refractivity contribution in [2.45, 2.75) is 52.9 Å². The summed E-state index contributed by atoms with van der Waals surface area (Å²) in [5, 5.41) is 0. The first-order valence-corrected chi connectivity index (χ1v) is 7.04. The molecule has 0 aromatic rings. The molecule has 2 saturated carbocycles. The molecule has 0 aromatic carbocycles. The van der Waals surface area contributed by atoms with E-state index in [2.05, 4.69) is 27.4 Å². The van der Waals surface area contributed by atoms with Crippen molar-refractivity contribution in [3.05, 3.63) is 12.2 Å². The minimum atomic E-state index is 0.456. The average molecular weight is 236 g/mol. The van der Waals surface area contributed by atoms with Gasteiger partial charge in [-0.2, -0.15) is 0 Å². The van der Waals surface area contributed by atoms with Gasteiger partial charge in [0.15, 0.2) is 0 Å². The Balaban J connectivity index is 2.27. The van der Waals surface area contributed by atoms with E-state index >= 15 is 0 Å². The molecule has 0 bridgehead atoms. The van der Waals surface area contributed by atoms with Gasteiger partial charge in [-0.05, 0) is 54.2 Å². The summed E-state index contributed by atoms with van der Waals surface area (Å²) in [5.41, 5.74) is 1.79. The molecule has 1 heteroatoms. The maximum Gasteiger partial charge on any atom is -0.00291 e. The molecule has 0 N–H and O–H groups in total. The molecule has 4 unspecified atom stereocenters. The molecule has 2 aliphatic carbocycles. The molecule has 0 spiro atoms. The smallest absolute Gasteiger partial charge is 0.00291 e. The first-order chi connectivity index (χ1) is 7.45. The predicted octanol–water partition coefficient (Wildman–Crippen LogP) is 4.78. The monoisotopic (exact) mass is 236 g/mol. The first-order valence-electron chi connectivity index (χ1n) is 6.63. The average Bonchev–Trinajstić information content (AvgIpc) is 2.20. The van der Waals surface area contributed by atoms with Crippen LogP contribution in [0.4, 0.5) is 0 Å². The van der Waals surface area contributed by atoms with Crippen LogP contribution < -0.4 is 0 Å². The van der Waals surface area contributed by atoms with Crippen LogP contribution >= 0.6 is 12.2 Å². The minimum Gasteiger partial charge on any atom is -0.0998 e. The maximum atomic E-state index is 5.68. The number of allylic oxidation sites excluding steroid dienone is 1. The maximum absolute atomic E-state index is 5.68. The van der Waals surface area contributed by atoms with Crippen molar-refractivity contribution in [3.63, 3.8) is 0 Å². The van der Waals surface area contributed by atoms with Crippen LogP contribution in [0.25, 0.3) is 0 Å². The molecular formula is C15H24S. The van der Waals surface area contributed by atoms with Crippen molar-refractivity contribution in [2.24, 2.45) is 23.2 Å². The second-order valence-corrected chi connectivity index (χ2v) is 6.83. The Bertz CT molecular complexity index is 317. The third kappa shape index (κ3) is 1.88. The Morgan fingerprint density at radius 1 is 1.44 bits per heavy atom. The van der Waals surface area contributed by atoms with Gasteiger partial charge in [-0.3, -0.25) is 0 Å². The number of hydrogen-bond donors (Lipinski definition) is 0. The molecule has 0 aromatic heterocycles. The van der Waals surface area contributed by atoms with Crippen LogP contribution in [-0.2, 0) is 0 Å². The van der Waals surface area contributed by atoms with Gasteiger partial charge in [-0.25, -0.2) is 0 Å². The molecule has 0 radical (unpaired) electrons. The van der Waals surface area contributed by atoms with E-state index in [0.717, 1.165) is 12.3 Å². The largest absolute Gasteiger partial charge is 0.0998 e. The molecule has 0 amide bonds. The Morgan fingerprint density at radius 2 is 2.12 bits per heavy atom. The van der Waals surface area contributed by atoms with Gasteiger partial charge in [0, 0.05) is 0 Å². The molecule has 2 rings (SSSR count). The molecule has 90 valence electrons. The van der Waals surface area contributed by atoms with Crippen molar-refractivity contribution < 1.29 is 0 Å². The van der Waals surface area contributed by atoms with Crippen molar-refractivity contribution in [1.82, 2.24) is 0 Å². The Labute approximate surface area is 106 Å².